The van der Waals surface area contributed by atoms with Crippen molar-refractivity contribution in [3.05, 3.63) is 71.8 Å². The number of nitrogens with one attached hydrogen (secondary N) is 2. The molecule has 0 spiro atoms. The second kappa shape index (κ2) is 10.7. The van der Waals surface area contributed by atoms with Gasteiger partial charge in [-0.15, -0.1) is 0 Å². The summed E-state index contributed by atoms with van der Waals surface area (Å²) in [5.41, 5.74) is 0.454. The van der Waals surface area contributed by atoms with E-state index < -0.39 is 37.8 Å². The minimum absolute atomic E-state index is 0.0910. The summed E-state index contributed by atoms with van der Waals surface area (Å²) in [6.07, 6.45) is 0.288. The Morgan fingerprint density at radius 3 is 1.65 bits per heavy atom. The van der Waals surface area contributed by atoms with Gasteiger partial charge >= 0.3 is 12.2 Å². The summed E-state index contributed by atoms with van der Waals surface area (Å²) in [5.74, 6) is 0. The van der Waals surface area contributed by atoms with Crippen LogP contribution in [0.2, 0.25) is 0 Å². The molecule has 2 aromatic rings. The Balaban J connectivity index is 1.86. The Bertz CT molecular complexity index is 1270. The van der Waals surface area contributed by atoms with Gasteiger partial charge in [0.15, 0.2) is 0 Å². The second-order valence-corrected chi connectivity index (χ2v) is 11.2. The number of carbonyl (C=O) groups excluding carboxylic acids is 2. The summed E-state index contributed by atoms with van der Waals surface area (Å²) in [7, 11) is -8.19. The maximum absolute atomic E-state index is 12.3. The molecule has 2 amide bonds. The summed E-state index contributed by atoms with van der Waals surface area (Å²) in [6.45, 7) is 6.21. The number of ether oxygens (including phenoxy) is 2. The van der Waals surface area contributed by atoms with Crippen molar-refractivity contribution >= 4 is 32.2 Å². The molecule has 2 rings (SSSR count). The number of sulfonamides is 2. The van der Waals surface area contributed by atoms with Gasteiger partial charge in [-0.1, -0.05) is 35.4 Å². The lowest BCUT2D eigenvalue weighted by molar-refractivity contribution is 0.0761. The van der Waals surface area contributed by atoms with Crippen molar-refractivity contribution in [1.82, 2.24) is 9.44 Å². The van der Waals surface area contributed by atoms with Crippen LogP contribution in [-0.2, 0) is 29.5 Å². The standard InChI is InChI=1S/C22H26N2O8S2/c1-16-6-10-18(11-7-16)33(27,28)23-20(25)31-15-5-14-22(3,4)32-21(26)24-34(29,30)19-12-8-17(2)9-13-19/h5-14H,15H2,1-4H3,(H,23,25)(H,24,26)/b14-5-. The monoisotopic (exact) mass is 510 g/mol. The third-order valence-corrected chi connectivity index (χ3v) is 6.94. The first kappa shape index (κ1) is 26.9. The van der Waals surface area contributed by atoms with Crippen molar-refractivity contribution in [2.75, 3.05) is 6.61 Å². The van der Waals surface area contributed by atoms with E-state index in [1.165, 1.54) is 50.3 Å². The van der Waals surface area contributed by atoms with Crippen molar-refractivity contribution in [3.63, 3.8) is 0 Å². The Hall–Kier alpha value is -3.38. The van der Waals surface area contributed by atoms with E-state index >= 15 is 0 Å². The Labute approximate surface area is 199 Å². The number of hydrogen-bond acceptors (Lipinski definition) is 8. The predicted molar refractivity (Wildman–Crippen MR) is 124 cm³/mol. The van der Waals surface area contributed by atoms with E-state index in [0.717, 1.165) is 11.1 Å². The third kappa shape index (κ3) is 8.19. The molecule has 0 aliphatic carbocycles. The Morgan fingerprint density at radius 1 is 0.794 bits per heavy atom. The van der Waals surface area contributed by atoms with Gasteiger partial charge in [0.05, 0.1) is 9.79 Å². The van der Waals surface area contributed by atoms with E-state index in [9.17, 15) is 26.4 Å². The zero-order chi connectivity index (χ0) is 25.6. The topological polar surface area (TPSA) is 145 Å². The van der Waals surface area contributed by atoms with Gasteiger partial charge in [0, 0.05) is 0 Å². The Morgan fingerprint density at radius 2 is 1.21 bits per heavy atom. The first-order valence-electron chi connectivity index (χ1n) is 9.97. The van der Waals surface area contributed by atoms with Gasteiger partial charge in [0.2, 0.25) is 0 Å². The van der Waals surface area contributed by atoms with Crippen LogP contribution >= 0.6 is 0 Å². The molecular formula is C22H26N2O8S2. The van der Waals surface area contributed by atoms with Crippen LogP contribution in [0.1, 0.15) is 25.0 Å². The lowest BCUT2D eigenvalue weighted by Gasteiger charge is -2.21. The molecule has 10 nitrogen and oxygen atoms in total. The SMILES string of the molecule is Cc1ccc(S(=O)(=O)NC(=O)OC/C=C\C(C)(C)OC(=O)NS(=O)(=O)c2ccc(C)cc2)cc1. The van der Waals surface area contributed by atoms with Crippen LogP contribution in [0.15, 0.2) is 70.5 Å². The first-order chi connectivity index (χ1) is 15.7. The molecule has 0 saturated carbocycles. The number of amides is 2. The highest BCUT2D eigenvalue weighted by atomic mass is 32.2. The molecule has 0 atom stereocenters. The van der Waals surface area contributed by atoms with Gasteiger partial charge in [0.25, 0.3) is 20.0 Å². The number of aryl methyl sites for hydroxylation is 2. The average molecular weight is 511 g/mol. The van der Waals surface area contributed by atoms with E-state index in [2.05, 4.69) is 0 Å². The fourth-order valence-corrected chi connectivity index (χ4v) is 4.31. The fourth-order valence-electron chi connectivity index (χ4n) is 2.55. The van der Waals surface area contributed by atoms with E-state index in [4.69, 9.17) is 9.47 Å². The molecule has 0 bridgehead atoms. The summed E-state index contributed by atoms with van der Waals surface area (Å²) >= 11 is 0. The molecule has 2 aromatic carbocycles. The molecule has 0 aromatic heterocycles. The van der Waals surface area contributed by atoms with Crippen molar-refractivity contribution < 1.29 is 35.9 Å². The number of hydrogen-bond donors (Lipinski definition) is 2. The van der Waals surface area contributed by atoms with Crippen LogP contribution < -0.4 is 9.44 Å². The van der Waals surface area contributed by atoms with Crippen LogP contribution in [0.3, 0.4) is 0 Å². The minimum atomic E-state index is -4.11. The average Bonchev–Trinajstić information content (AvgIpc) is 2.70. The first-order valence-corrected chi connectivity index (χ1v) is 12.9. The maximum atomic E-state index is 12.3. The van der Waals surface area contributed by atoms with Gasteiger partial charge in [0.1, 0.15) is 12.2 Å². The third-order valence-electron chi connectivity index (χ3n) is 4.28. The summed E-state index contributed by atoms with van der Waals surface area (Å²) in [5, 5.41) is 0. The highest BCUT2D eigenvalue weighted by Gasteiger charge is 2.24. The predicted octanol–water partition coefficient (Wildman–Crippen LogP) is 3.17. The van der Waals surface area contributed by atoms with Crippen LogP contribution in [0.5, 0.6) is 0 Å². The lowest BCUT2D eigenvalue weighted by Crippen LogP contribution is -2.37. The molecule has 0 fully saturated rings. The van der Waals surface area contributed by atoms with Gasteiger partial charge in [-0.2, -0.15) is 0 Å². The zero-order valence-electron chi connectivity index (χ0n) is 19.1. The number of rotatable bonds is 8. The minimum Gasteiger partial charge on any atom is -0.445 e. The van der Waals surface area contributed by atoms with Crippen molar-refractivity contribution in [2.24, 2.45) is 0 Å². The van der Waals surface area contributed by atoms with E-state index in [1.54, 1.807) is 42.8 Å². The molecule has 0 unspecified atom stereocenters. The largest absolute Gasteiger partial charge is 0.445 e. The van der Waals surface area contributed by atoms with Crippen molar-refractivity contribution in [3.8, 4) is 0 Å². The summed E-state index contributed by atoms with van der Waals surface area (Å²) in [4.78, 5) is 23.7. The number of benzene rings is 2. The van der Waals surface area contributed by atoms with E-state index in [1.807, 2.05) is 4.72 Å². The van der Waals surface area contributed by atoms with Crippen LogP contribution in [0.4, 0.5) is 9.59 Å². The smallest absolute Gasteiger partial charge is 0.422 e. The van der Waals surface area contributed by atoms with Crippen LogP contribution in [-0.4, -0.2) is 41.2 Å². The molecule has 12 heteroatoms. The molecular weight excluding hydrogens is 484 g/mol. The van der Waals surface area contributed by atoms with Gasteiger partial charge in [-0.05, 0) is 64.1 Å². The maximum Gasteiger partial charge on any atom is 0.422 e. The van der Waals surface area contributed by atoms with Crippen molar-refractivity contribution in [1.29, 1.82) is 0 Å². The van der Waals surface area contributed by atoms with E-state index in [-0.39, 0.29) is 16.4 Å². The van der Waals surface area contributed by atoms with Gasteiger partial charge < -0.3 is 9.47 Å². The molecule has 0 heterocycles. The summed E-state index contributed by atoms with van der Waals surface area (Å²) in [6, 6.07) is 11.8. The lowest BCUT2D eigenvalue weighted by atomic mass is 10.1. The summed E-state index contributed by atoms with van der Waals surface area (Å²) < 4.78 is 62.4. The molecule has 2 N–H and O–H groups in total. The molecule has 0 aliphatic heterocycles. The second-order valence-electron chi connectivity index (χ2n) is 7.83. The zero-order valence-corrected chi connectivity index (χ0v) is 20.7. The highest BCUT2D eigenvalue weighted by molar-refractivity contribution is 7.90. The molecule has 0 radical (unpaired) electrons. The highest BCUT2D eigenvalue weighted by Crippen LogP contribution is 2.14. The van der Waals surface area contributed by atoms with Crippen LogP contribution in [0.25, 0.3) is 0 Å². The van der Waals surface area contributed by atoms with E-state index in [0.29, 0.717) is 0 Å². The van der Waals surface area contributed by atoms with Gasteiger partial charge in [-0.25, -0.2) is 35.9 Å². The molecule has 34 heavy (non-hydrogen) atoms. The number of carbonyl (C=O) groups is 2. The molecule has 0 saturated heterocycles. The Kier molecular flexibility index (Phi) is 8.46. The van der Waals surface area contributed by atoms with Crippen molar-refractivity contribution in [2.45, 2.75) is 43.1 Å². The fraction of sp³-hybridized carbons (Fsp3) is 0.273. The van der Waals surface area contributed by atoms with Gasteiger partial charge in [-0.3, -0.25) is 0 Å². The quantitative estimate of drug-likeness (QED) is 0.515. The molecule has 184 valence electrons. The normalized spacial score (nSPS) is 12.2. The van der Waals surface area contributed by atoms with Crippen LogP contribution in [0, 0.1) is 13.8 Å². The molecule has 0 aliphatic rings.